The van der Waals surface area contributed by atoms with E-state index in [9.17, 15) is 5.11 Å². The maximum Gasteiger partial charge on any atom is 0.0847 e. The monoisotopic (exact) mass is 225 g/mol. The number of benzene rings is 1. The first kappa shape index (κ1) is 12.1. The predicted molar refractivity (Wildman–Crippen MR) is 66.4 cm³/mol. The molecule has 82 valence electrons. The van der Waals surface area contributed by atoms with Gasteiger partial charge in [-0.25, -0.2) is 0 Å². The summed E-state index contributed by atoms with van der Waals surface area (Å²) in [5, 5.41) is 12.5. The number of aliphatic hydroxyl groups is 1. The molecule has 0 aliphatic heterocycles. The fraction of sp³-hybridized carbons (Fsp3) is 0.333. The minimum atomic E-state index is -0.523. The molecule has 0 saturated heterocycles. The molecule has 0 fully saturated rings. The van der Waals surface area contributed by atoms with Crippen LogP contribution in [-0.4, -0.2) is 23.6 Å². The van der Waals surface area contributed by atoms with Gasteiger partial charge in [-0.3, -0.25) is 0 Å². The predicted octanol–water partition coefficient (Wildman–Crippen LogP) is 2.73. The van der Waals surface area contributed by atoms with E-state index < -0.39 is 6.10 Å². The number of allylic oxidation sites excluding steroid dienone is 1. The van der Waals surface area contributed by atoms with Gasteiger partial charge >= 0.3 is 0 Å². The average Bonchev–Trinajstić information content (AvgIpc) is 2.26. The van der Waals surface area contributed by atoms with Gasteiger partial charge in [-0.05, 0) is 24.1 Å². The summed E-state index contributed by atoms with van der Waals surface area (Å²) in [7, 11) is 0. The first-order valence-corrected chi connectivity index (χ1v) is 5.41. The van der Waals surface area contributed by atoms with Gasteiger partial charge < -0.3 is 10.4 Å². The summed E-state index contributed by atoms with van der Waals surface area (Å²) in [5.74, 6) is 0.238. The fourth-order valence-electron chi connectivity index (χ4n) is 1.29. The lowest BCUT2D eigenvalue weighted by atomic mass is 10.1. The normalized spacial score (nSPS) is 12.2. The highest BCUT2D eigenvalue weighted by molar-refractivity contribution is 6.18. The summed E-state index contributed by atoms with van der Waals surface area (Å²) >= 11 is 5.51. The second-order valence-corrected chi connectivity index (χ2v) is 3.82. The number of para-hydroxylation sites is 1. The number of hydrogen-bond donors (Lipinski definition) is 2. The highest BCUT2D eigenvalue weighted by atomic mass is 35.5. The van der Waals surface area contributed by atoms with Crippen molar-refractivity contribution in [3.8, 4) is 0 Å². The second kappa shape index (κ2) is 5.79. The summed E-state index contributed by atoms with van der Waals surface area (Å²) < 4.78 is 0. The van der Waals surface area contributed by atoms with Crippen molar-refractivity contribution in [1.29, 1.82) is 0 Å². The van der Waals surface area contributed by atoms with E-state index in [0.717, 1.165) is 16.8 Å². The summed E-state index contributed by atoms with van der Waals surface area (Å²) in [4.78, 5) is 0. The van der Waals surface area contributed by atoms with Gasteiger partial charge in [0.1, 0.15) is 0 Å². The highest BCUT2D eigenvalue weighted by Gasteiger charge is 2.04. The van der Waals surface area contributed by atoms with Crippen LogP contribution in [-0.2, 0) is 0 Å². The Morgan fingerprint density at radius 2 is 2.20 bits per heavy atom. The summed E-state index contributed by atoms with van der Waals surface area (Å²) in [6, 6.07) is 7.87. The average molecular weight is 226 g/mol. The number of halogens is 1. The number of rotatable bonds is 5. The molecule has 15 heavy (non-hydrogen) atoms. The molecule has 2 N–H and O–H groups in total. The van der Waals surface area contributed by atoms with Crippen LogP contribution in [0, 0.1) is 0 Å². The molecule has 0 saturated carbocycles. The van der Waals surface area contributed by atoms with E-state index in [1.807, 2.05) is 31.2 Å². The fourth-order valence-corrected chi connectivity index (χ4v) is 1.40. The quantitative estimate of drug-likeness (QED) is 0.756. The zero-order valence-corrected chi connectivity index (χ0v) is 9.59. The van der Waals surface area contributed by atoms with Crippen LogP contribution in [0.4, 0.5) is 5.69 Å². The van der Waals surface area contributed by atoms with Crippen LogP contribution in [0.3, 0.4) is 0 Å². The van der Waals surface area contributed by atoms with Crippen molar-refractivity contribution in [3.05, 3.63) is 36.4 Å². The Balaban J connectivity index is 2.72. The molecular formula is C12H16ClNO. The maximum atomic E-state index is 9.33. The van der Waals surface area contributed by atoms with Crippen molar-refractivity contribution in [2.45, 2.75) is 13.0 Å². The summed E-state index contributed by atoms with van der Waals surface area (Å²) in [6.07, 6.45) is -0.523. The molecule has 0 aromatic heterocycles. The van der Waals surface area contributed by atoms with E-state index >= 15 is 0 Å². The molecule has 0 bridgehead atoms. The third-order valence-electron chi connectivity index (χ3n) is 2.09. The molecule has 0 heterocycles. The Labute approximate surface area is 95.6 Å². The Bertz CT molecular complexity index is 338. The van der Waals surface area contributed by atoms with Gasteiger partial charge in [0.25, 0.3) is 0 Å². The Kier molecular flexibility index (Phi) is 4.66. The van der Waals surface area contributed by atoms with E-state index in [0.29, 0.717) is 6.54 Å². The van der Waals surface area contributed by atoms with Crippen LogP contribution >= 0.6 is 11.6 Å². The SMILES string of the molecule is C=C(C)c1ccccc1NCC(O)CCl. The van der Waals surface area contributed by atoms with Gasteiger partial charge in [-0.1, -0.05) is 24.8 Å². The third kappa shape index (κ3) is 3.57. The summed E-state index contributed by atoms with van der Waals surface area (Å²) in [5.41, 5.74) is 3.05. The molecule has 1 aromatic rings. The number of anilines is 1. The molecule has 0 amide bonds. The second-order valence-electron chi connectivity index (χ2n) is 3.51. The number of nitrogens with one attached hydrogen (secondary N) is 1. The van der Waals surface area contributed by atoms with Crippen molar-refractivity contribution in [3.63, 3.8) is 0 Å². The van der Waals surface area contributed by atoms with Gasteiger partial charge in [-0.2, -0.15) is 0 Å². The van der Waals surface area contributed by atoms with E-state index in [1.54, 1.807) is 0 Å². The lowest BCUT2D eigenvalue weighted by molar-refractivity contribution is 0.211. The lowest BCUT2D eigenvalue weighted by Gasteiger charge is -2.13. The number of alkyl halides is 1. The van der Waals surface area contributed by atoms with Crippen LogP contribution in [0.5, 0.6) is 0 Å². The van der Waals surface area contributed by atoms with Gasteiger partial charge in [-0.15, -0.1) is 11.6 Å². The van der Waals surface area contributed by atoms with Crippen molar-refractivity contribution >= 4 is 22.9 Å². The largest absolute Gasteiger partial charge is 0.390 e. The van der Waals surface area contributed by atoms with Crippen molar-refractivity contribution in [2.75, 3.05) is 17.7 Å². The molecular weight excluding hydrogens is 210 g/mol. The van der Waals surface area contributed by atoms with E-state index in [4.69, 9.17) is 11.6 Å². The molecule has 3 heteroatoms. The maximum absolute atomic E-state index is 9.33. The Morgan fingerprint density at radius 1 is 1.53 bits per heavy atom. The van der Waals surface area contributed by atoms with Crippen molar-refractivity contribution in [2.24, 2.45) is 0 Å². The third-order valence-corrected chi connectivity index (χ3v) is 2.45. The minimum absolute atomic E-state index is 0.238. The minimum Gasteiger partial charge on any atom is -0.390 e. The van der Waals surface area contributed by atoms with E-state index in [1.165, 1.54) is 0 Å². The molecule has 0 spiro atoms. The first-order valence-electron chi connectivity index (χ1n) is 4.88. The molecule has 2 nitrogen and oxygen atoms in total. The summed E-state index contributed by atoms with van der Waals surface area (Å²) in [6.45, 7) is 6.31. The van der Waals surface area contributed by atoms with Crippen LogP contribution in [0.25, 0.3) is 5.57 Å². The van der Waals surface area contributed by atoms with Crippen LogP contribution < -0.4 is 5.32 Å². The van der Waals surface area contributed by atoms with E-state index in [-0.39, 0.29) is 5.88 Å². The zero-order chi connectivity index (χ0) is 11.3. The highest BCUT2D eigenvalue weighted by Crippen LogP contribution is 2.21. The van der Waals surface area contributed by atoms with Gasteiger partial charge in [0.2, 0.25) is 0 Å². The van der Waals surface area contributed by atoms with Gasteiger partial charge in [0, 0.05) is 12.2 Å². The zero-order valence-electron chi connectivity index (χ0n) is 8.83. The molecule has 1 atom stereocenters. The molecule has 1 rings (SSSR count). The Morgan fingerprint density at radius 3 is 2.80 bits per heavy atom. The van der Waals surface area contributed by atoms with Crippen molar-refractivity contribution in [1.82, 2.24) is 0 Å². The van der Waals surface area contributed by atoms with Gasteiger partial charge in [0.05, 0.1) is 12.0 Å². The van der Waals surface area contributed by atoms with Crippen molar-refractivity contribution < 1.29 is 5.11 Å². The molecule has 1 unspecified atom stereocenters. The van der Waals surface area contributed by atoms with Crippen LogP contribution in [0.1, 0.15) is 12.5 Å². The first-order chi connectivity index (χ1) is 7.15. The number of aliphatic hydroxyl groups excluding tert-OH is 1. The van der Waals surface area contributed by atoms with Gasteiger partial charge in [0.15, 0.2) is 0 Å². The van der Waals surface area contributed by atoms with E-state index in [2.05, 4.69) is 11.9 Å². The molecule has 1 aromatic carbocycles. The Hall–Kier alpha value is -0.990. The molecule has 0 aliphatic carbocycles. The lowest BCUT2D eigenvalue weighted by Crippen LogP contribution is -2.21. The smallest absolute Gasteiger partial charge is 0.0847 e. The number of hydrogen-bond acceptors (Lipinski definition) is 2. The van der Waals surface area contributed by atoms with Crippen LogP contribution in [0.2, 0.25) is 0 Å². The standard InChI is InChI=1S/C12H16ClNO/c1-9(2)11-5-3-4-6-12(11)14-8-10(15)7-13/h3-6,10,14-15H,1,7-8H2,2H3. The molecule has 0 radical (unpaired) electrons. The topological polar surface area (TPSA) is 32.3 Å². The molecule has 0 aliphatic rings. The van der Waals surface area contributed by atoms with Crippen LogP contribution in [0.15, 0.2) is 30.8 Å².